The van der Waals surface area contributed by atoms with Crippen LogP contribution in [0.2, 0.25) is 0 Å². The summed E-state index contributed by atoms with van der Waals surface area (Å²) in [6.07, 6.45) is 5.16. The minimum atomic E-state index is 0.184. The average Bonchev–Trinajstić information content (AvgIpc) is 2.84. The molecule has 0 radical (unpaired) electrons. The third kappa shape index (κ3) is 3.23. The van der Waals surface area contributed by atoms with Crippen molar-refractivity contribution in [1.82, 2.24) is 9.88 Å². The zero-order valence-corrected chi connectivity index (χ0v) is 14.2. The molecule has 1 aromatic rings. The predicted octanol–water partition coefficient (Wildman–Crippen LogP) is 3.43. The summed E-state index contributed by atoms with van der Waals surface area (Å²) in [5.74, 6) is 1.58. The van der Waals surface area contributed by atoms with E-state index in [0.29, 0.717) is 0 Å². The highest BCUT2D eigenvalue weighted by Crippen LogP contribution is 2.39. The van der Waals surface area contributed by atoms with Gasteiger partial charge in [-0.15, -0.1) is 11.3 Å². The molecular weight excluding hydrogens is 266 g/mol. The molecule has 1 aliphatic carbocycles. The van der Waals surface area contributed by atoms with Crippen molar-refractivity contribution in [2.24, 2.45) is 17.6 Å². The Kier molecular flexibility index (Phi) is 5.21. The molecule has 2 rings (SSSR count). The van der Waals surface area contributed by atoms with Gasteiger partial charge in [0.2, 0.25) is 0 Å². The average molecular weight is 295 g/mol. The van der Waals surface area contributed by atoms with E-state index in [-0.39, 0.29) is 5.54 Å². The zero-order chi connectivity index (χ0) is 14.8. The predicted molar refractivity (Wildman–Crippen MR) is 86.9 cm³/mol. The molecule has 2 unspecified atom stereocenters. The van der Waals surface area contributed by atoms with Gasteiger partial charge in [-0.1, -0.05) is 26.7 Å². The highest BCUT2D eigenvalue weighted by Gasteiger charge is 2.39. The normalized spacial score (nSPS) is 27.4. The van der Waals surface area contributed by atoms with Crippen molar-refractivity contribution in [2.45, 2.75) is 58.5 Å². The first-order chi connectivity index (χ1) is 9.48. The largest absolute Gasteiger partial charge is 0.329 e. The van der Waals surface area contributed by atoms with Crippen molar-refractivity contribution in [2.75, 3.05) is 13.6 Å². The molecule has 1 heterocycles. The maximum atomic E-state index is 6.21. The maximum Gasteiger partial charge on any atom is 0.0798 e. The van der Waals surface area contributed by atoms with Gasteiger partial charge in [0.1, 0.15) is 0 Å². The molecule has 1 aromatic heterocycles. The quantitative estimate of drug-likeness (QED) is 0.905. The monoisotopic (exact) mass is 295 g/mol. The van der Waals surface area contributed by atoms with Gasteiger partial charge in [0.25, 0.3) is 0 Å². The fourth-order valence-corrected chi connectivity index (χ4v) is 4.33. The zero-order valence-electron chi connectivity index (χ0n) is 13.4. The van der Waals surface area contributed by atoms with E-state index in [9.17, 15) is 0 Å². The lowest BCUT2D eigenvalue weighted by atomic mass is 9.71. The summed E-state index contributed by atoms with van der Waals surface area (Å²) in [6.45, 7) is 8.56. The van der Waals surface area contributed by atoms with Crippen LogP contribution in [0.3, 0.4) is 0 Å². The van der Waals surface area contributed by atoms with Crippen molar-refractivity contribution < 1.29 is 0 Å². The second kappa shape index (κ2) is 6.54. The molecule has 0 saturated heterocycles. The molecule has 2 atom stereocenters. The summed E-state index contributed by atoms with van der Waals surface area (Å²) in [6, 6.07) is 0. The maximum absolute atomic E-state index is 6.21. The van der Waals surface area contributed by atoms with Crippen LogP contribution < -0.4 is 5.73 Å². The standard InChI is InChI=1S/C16H29N3S/c1-12(2)14-6-5-7-16(8-14,10-17)19(4)9-15-13(3)18-11-20-15/h11-12,14H,5-10,17H2,1-4H3. The van der Waals surface area contributed by atoms with Gasteiger partial charge in [-0.25, -0.2) is 4.98 Å². The molecule has 0 aromatic carbocycles. The molecule has 20 heavy (non-hydrogen) atoms. The Morgan fingerprint density at radius 2 is 2.30 bits per heavy atom. The molecular formula is C16H29N3S. The summed E-state index contributed by atoms with van der Waals surface area (Å²) < 4.78 is 0. The van der Waals surface area contributed by atoms with Gasteiger partial charge in [0, 0.05) is 23.5 Å². The van der Waals surface area contributed by atoms with Gasteiger partial charge in [-0.2, -0.15) is 0 Å². The molecule has 2 N–H and O–H groups in total. The first kappa shape index (κ1) is 15.9. The Bertz CT molecular complexity index is 429. The Hall–Kier alpha value is -0.450. The Labute approximate surface area is 127 Å². The van der Waals surface area contributed by atoms with E-state index in [1.54, 1.807) is 11.3 Å². The van der Waals surface area contributed by atoms with Gasteiger partial charge in [0.15, 0.2) is 0 Å². The molecule has 3 nitrogen and oxygen atoms in total. The number of likely N-dealkylation sites (N-methyl/N-ethyl adjacent to an activating group) is 1. The van der Waals surface area contributed by atoms with Crippen LogP contribution in [0.1, 0.15) is 50.1 Å². The molecule has 1 fully saturated rings. The van der Waals surface area contributed by atoms with Crippen LogP contribution in [0.5, 0.6) is 0 Å². The molecule has 0 amide bonds. The van der Waals surface area contributed by atoms with E-state index in [1.807, 2.05) is 5.51 Å². The van der Waals surface area contributed by atoms with E-state index in [4.69, 9.17) is 5.73 Å². The number of nitrogens with zero attached hydrogens (tertiary/aromatic N) is 2. The third-order valence-corrected chi connectivity index (χ3v) is 6.14. The summed E-state index contributed by atoms with van der Waals surface area (Å²) >= 11 is 1.76. The first-order valence-corrected chi connectivity index (χ1v) is 8.67. The van der Waals surface area contributed by atoms with Crippen LogP contribution in [0, 0.1) is 18.8 Å². The van der Waals surface area contributed by atoms with Crippen molar-refractivity contribution in [1.29, 1.82) is 0 Å². The second-order valence-corrected chi connectivity index (χ2v) is 7.69. The number of hydrogen-bond acceptors (Lipinski definition) is 4. The number of aromatic nitrogens is 1. The minimum absolute atomic E-state index is 0.184. The van der Waals surface area contributed by atoms with Crippen LogP contribution in [-0.2, 0) is 6.54 Å². The smallest absolute Gasteiger partial charge is 0.0798 e. The molecule has 4 heteroatoms. The van der Waals surface area contributed by atoms with E-state index in [0.717, 1.165) is 24.9 Å². The molecule has 114 valence electrons. The van der Waals surface area contributed by atoms with E-state index in [2.05, 4.69) is 37.7 Å². The molecule has 1 aliphatic rings. The molecule has 0 bridgehead atoms. The van der Waals surface area contributed by atoms with Crippen molar-refractivity contribution >= 4 is 11.3 Å². The SMILES string of the molecule is Cc1ncsc1CN(C)C1(CN)CCCC(C(C)C)C1. The molecule has 1 saturated carbocycles. The topological polar surface area (TPSA) is 42.2 Å². The van der Waals surface area contributed by atoms with Crippen molar-refractivity contribution in [3.05, 3.63) is 16.1 Å². The summed E-state index contributed by atoms with van der Waals surface area (Å²) in [7, 11) is 2.24. The van der Waals surface area contributed by atoms with Crippen molar-refractivity contribution in [3.63, 3.8) is 0 Å². The van der Waals surface area contributed by atoms with Gasteiger partial charge in [-0.3, -0.25) is 4.90 Å². The van der Waals surface area contributed by atoms with Gasteiger partial charge < -0.3 is 5.73 Å². The number of nitrogens with two attached hydrogens (primary N) is 1. The van der Waals surface area contributed by atoms with E-state index in [1.165, 1.54) is 36.3 Å². The highest BCUT2D eigenvalue weighted by atomic mass is 32.1. The van der Waals surface area contributed by atoms with Gasteiger partial charge in [-0.05, 0) is 38.6 Å². The lowest BCUT2D eigenvalue weighted by Crippen LogP contribution is -2.54. The van der Waals surface area contributed by atoms with Gasteiger partial charge in [0.05, 0.1) is 11.2 Å². The van der Waals surface area contributed by atoms with Gasteiger partial charge >= 0.3 is 0 Å². The molecule has 0 aliphatic heterocycles. The second-order valence-electron chi connectivity index (χ2n) is 6.75. The Morgan fingerprint density at radius 3 is 2.85 bits per heavy atom. The third-order valence-electron chi connectivity index (χ3n) is 5.22. The number of thiazole rings is 1. The van der Waals surface area contributed by atoms with Crippen LogP contribution in [-0.4, -0.2) is 29.0 Å². The summed E-state index contributed by atoms with van der Waals surface area (Å²) in [4.78, 5) is 8.25. The Balaban J connectivity index is 2.11. The van der Waals surface area contributed by atoms with Crippen molar-refractivity contribution in [3.8, 4) is 0 Å². The van der Waals surface area contributed by atoms with E-state index >= 15 is 0 Å². The van der Waals surface area contributed by atoms with Crippen LogP contribution in [0.4, 0.5) is 0 Å². The van der Waals surface area contributed by atoms with E-state index < -0.39 is 0 Å². The molecule has 0 spiro atoms. The fraction of sp³-hybridized carbons (Fsp3) is 0.812. The highest BCUT2D eigenvalue weighted by molar-refractivity contribution is 7.09. The summed E-state index contributed by atoms with van der Waals surface area (Å²) in [5, 5.41) is 0. The summed E-state index contributed by atoms with van der Waals surface area (Å²) in [5.41, 5.74) is 9.52. The van der Waals surface area contributed by atoms with Crippen LogP contribution in [0.15, 0.2) is 5.51 Å². The van der Waals surface area contributed by atoms with Crippen LogP contribution in [0.25, 0.3) is 0 Å². The fourth-order valence-electron chi connectivity index (χ4n) is 3.50. The van der Waals surface area contributed by atoms with Crippen LogP contribution >= 0.6 is 11.3 Å². The number of aryl methyl sites for hydroxylation is 1. The number of rotatable bonds is 5. The number of hydrogen-bond donors (Lipinski definition) is 1. The lowest BCUT2D eigenvalue weighted by molar-refractivity contribution is 0.0401. The first-order valence-electron chi connectivity index (χ1n) is 7.79. The minimum Gasteiger partial charge on any atom is -0.329 e. The Morgan fingerprint density at radius 1 is 1.55 bits per heavy atom. The lowest BCUT2D eigenvalue weighted by Gasteiger charge is -2.47.